The predicted molar refractivity (Wildman–Crippen MR) is 180 cm³/mol. The van der Waals surface area contributed by atoms with E-state index >= 15 is 0 Å². The number of aryl methyl sites for hydroxylation is 1. The number of nitrogens with one attached hydrogen (secondary N) is 1. The quantitative estimate of drug-likeness (QED) is 0.119. The van der Waals surface area contributed by atoms with Gasteiger partial charge in [-0.05, 0) is 71.3 Å². The third-order valence-electron chi connectivity index (χ3n) is 7.97. The molecule has 14 heteroatoms. The Morgan fingerprint density at radius 2 is 1.89 bits per heavy atom. The topological polar surface area (TPSA) is 122 Å². The number of tetrazole rings is 1. The summed E-state index contributed by atoms with van der Waals surface area (Å²) in [4.78, 5) is 21.6. The molecule has 1 N–H and O–H groups in total. The van der Waals surface area contributed by atoms with Crippen LogP contribution in [0.5, 0.6) is 0 Å². The fourth-order valence-corrected chi connectivity index (χ4v) is 6.83. The van der Waals surface area contributed by atoms with Crippen molar-refractivity contribution in [3.63, 3.8) is 0 Å². The van der Waals surface area contributed by atoms with E-state index in [0.29, 0.717) is 29.2 Å². The van der Waals surface area contributed by atoms with Gasteiger partial charge in [0, 0.05) is 48.3 Å². The summed E-state index contributed by atoms with van der Waals surface area (Å²) in [6, 6.07) is 16.2. The highest BCUT2D eigenvalue weighted by atomic mass is 35.5. The maximum Gasteiger partial charge on any atom is 0.411 e. The molecule has 238 valence electrons. The van der Waals surface area contributed by atoms with Crippen LogP contribution < -0.4 is 5.32 Å². The SMILES string of the molecule is COC(=O)Nc1ccc(-c2c(Cl)nc(C3CCc4cc(-c5cc(Cl)ccc5-n5cnnn5)cnc43)n2COCC[Si](C)(C)C)cc1. The van der Waals surface area contributed by atoms with E-state index in [0.717, 1.165) is 64.0 Å². The van der Waals surface area contributed by atoms with Crippen LogP contribution in [0.25, 0.3) is 28.1 Å². The van der Waals surface area contributed by atoms with Crippen molar-refractivity contribution in [1.82, 2.24) is 34.7 Å². The van der Waals surface area contributed by atoms with E-state index in [1.165, 1.54) is 7.11 Å². The second-order valence-electron chi connectivity index (χ2n) is 12.4. The molecule has 0 spiro atoms. The van der Waals surface area contributed by atoms with E-state index in [4.69, 9.17) is 42.6 Å². The van der Waals surface area contributed by atoms with E-state index < -0.39 is 14.2 Å². The number of rotatable bonds is 10. The monoisotopic (exact) mass is 676 g/mol. The van der Waals surface area contributed by atoms with Gasteiger partial charge in [-0.15, -0.1) is 5.10 Å². The molecule has 1 aliphatic rings. The van der Waals surface area contributed by atoms with Crippen molar-refractivity contribution in [3.05, 3.63) is 88.3 Å². The number of amides is 1. The van der Waals surface area contributed by atoms with Gasteiger partial charge in [0.1, 0.15) is 18.9 Å². The normalized spacial score (nSPS) is 14.3. The molecular formula is C32H34Cl2N8O3Si. The summed E-state index contributed by atoms with van der Waals surface area (Å²) < 4.78 is 14.7. The maximum absolute atomic E-state index is 11.7. The van der Waals surface area contributed by atoms with Gasteiger partial charge in [-0.25, -0.2) is 9.78 Å². The minimum Gasteiger partial charge on any atom is -0.453 e. The highest BCUT2D eigenvalue weighted by Crippen LogP contribution is 2.42. The predicted octanol–water partition coefficient (Wildman–Crippen LogP) is 7.46. The number of halogens is 2. The van der Waals surface area contributed by atoms with Gasteiger partial charge in [-0.3, -0.25) is 10.3 Å². The fourth-order valence-electron chi connectivity index (χ4n) is 5.61. The number of hydrogen-bond acceptors (Lipinski definition) is 8. The van der Waals surface area contributed by atoms with Crippen LogP contribution in [0, 0.1) is 0 Å². The van der Waals surface area contributed by atoms with E-state index in [1.54, 1.807) is 23.1 Å². The lowest BCUT2D eigenvalue weighted by molar-refractivity contribution is 0.0857. The number of nitrogens with zero attached hydrogens (tertiary/aromatic N) is 7. The average molecular weight is 678 g/mol. The minimum atomic E-state index is -1.29. The third-order valence-corrected chi connectivity index (χ3v) is 10.2. The zero-order valence-electron chi connectivity index (χ0n) is 26.0. The fraction of sp³-hybridized carbons (Fsp3) is 0.312. The van der Waals surface area contributed by atoms with Gasteiger partial charge in [0.15, 0.2) is 5.15 Å². The van der Waals surface area contributed by atoms with Crippen molar-refractivity contribution < 1.29 is 14.3 Å². The van der Waals surface area contributed by atoms with Crippen LogP contribution in [-0.2, 0) is 22.6 Å². The van der Waals surface area contributed by atoms with Gasteiger partial charge in [0.2, 0.25) is 0 Å². The van der Waals surface area contributed by atoms with Crippen molar-refractivity contribution in [2.24, 2.45) is 0 Å². The Bertz CT molecular complexity index is 1860. The molecule has 1 atom stereocenters. The molecule has 11 nitrogen and oxygen atoms in total. The van der Waals surface area contributed by atoms with Crippen molar-refractivity contribution in [2.75, 3.05) is 19.0 Å². The largest absolute Gasteiger partial charge is 0.453 e. The zero-order chi connectivity index (χ0) is 32.4. The smallest absolute Gasteiger partial charge is 0.411 e. The van der Waals surface area contributed by atoms with E-state index in [1.807, 2.05) is 36.5 Å². The third kappa shape index (κ3) is 6.85. The van der Waals surface area contributed by atoms with E-state index in [2.05, 4.69) is 51.1 Å². The van der Waals surface area contributed by atoms with Crippen LogP contribution in [0.2, 0.25) is 35.9 Å². The number of methoxy groups -OCH3 is 1. The second kappa shape index (κ2) is 13.3. The maximum atomic E-state index is 11.7. The van der Waals surface area contributed by atoms with Crippen LogP contribution in [-0.4, -0.2) is 62.6 Å². The van der Waals surface area contributed by atoms with Gasteiger partial charge in [0.25, 0.3) is 0 Å². The zero-order valence-corrected chi connectivity index (χ0v) is 28.5. The molecule has 1 unspecified atom stereocenters. The van der Waals surface area contributed by atoms with Crippen molar-refractivity contribution in [1.29, 1.82) is 0 Å². The highest BCUT2D eigenvalue weighted by molar-refractivity contribution is 6.76. The first-order chi connectivity index (χ1) is 22.1. The summed E-state index contributed by atoms with van der Waals surface area (Å²) in [6.07, 6.45) is 4.53. The molecule has 6 rings (SSSR count). The first kappa shape index (κ1) is 31.9. The molecule has 46 heavy (non-hydrogen) atoms. The summed E-state index contributed by atoms with van der Waals surface area (Å²) in [5, 5.41) is 15.3. The van der Waals surface area contributed by atoms with Crippen LogP contribution >= 0.6 is 23.2 Å². The molecule has 0 saturated carbocycles. The van der Waals surface area contributed by atoms with Crippen LogP contribution in [0.15, 0.2) is 61.1 Å². The Labute approximate surface area is 277 Å². The van der Waals surface area contributed by atoms with Gasteiger partial charge in [-0.2, -0.15) is 4.68 Å². The molecule has 0 bridgehead atoms. The number of pyridine rings is 1. The number of carbonyl (C=O) groups excluding carboxylic acids is 1. The number of ether oxygens (including phenoxy) is 2. The van der Waals surface area contributed by atoms with E-state index in [9.17, 15) is 4.79 Å². The van der Waals surface area contributed by atoms with Gasteiger partial charge >= 0.3 is 6.09 Å². The molecule has 5 aromatic rings. The summed E-state index contributed by atoms with van der Waals surface area (Å²) in [6.45, 7) is 7.94. The number of carbonyl (C=O) groups is 1. The Balaban J connectivity index is 1.35. The van der Waals surface area contributed by atoms with Gasteiger partial charge < -0.3 is 14.0 Å². The number of benzene rings is 2. The summed E-state index contributed by atoms with van der Waals surface area (Å²) in [5.74, 6) is 0.732. The Morgan fingerprint density at radius 3 is 2.61 bits per heavy atom. The Morgan fingerprint density at radius 1 is 1.09 bits per heavy atom. The number of imidazole rings is 1. The molecule has 1 aliphatic carbocycles. The van der Waals surface area contributed by atoms with Crippen molar-refractivity contribution in [3.8, 4) is 28.1 Å². The van der Waals surface area contributed by atoms with E-state index in [-0.39, 0.29) is 5.92 Å². The standard InChI is InChI=1S/C32H34Cl2N8O3Si/c1-44-32(43)37-24-9-5-20(6-10-24)29-30(34)38-31(41(29)19-45-13-14-46(2,3)4)25-11-7-21-15-22(17-35-28(21)25)26-16-23(33)8-12-27(26)42-18-36-39-40-42/h5-6,8-10,12,15-18,25H,7,11,13-14,19H2,1-4H3,(H,37,43). The van der Waals surface area contributed by atoms with Crippen LogP contribution in [0.4, 0.5) is 10.5 Å². The van der Waals surface area contributed by atoms with Gasteiger partial charge in [0.05, 0.1) is 30.1 Å². The molecule has 1 amide bonds. The number of hydrogen-bond donors (Lipinski definition) is 1. The Hall–Kier alpha value is -4.10. The first-order valence-electron chi connectivity index (χ1n) is 14.9. The average Bonchev–Trinajstić information content (AvgIpc) is 3.78. The lowest BCUT2D eigenvalue weighted by Crippen LogP contribution is -2.22. The molecule has 3 heterocycles. The minimum absolute atomic E-state index is 0.0745. The van der Waals surface area contributed by atoms with Crippen molar-refractivity contribution >= 4 is 43.1 Å². The molecule has 3 aromatic heterocycles. The molecule has 0 radical (unpaired) electrons. The van der Waals surface area contributed by atoms with Crippen LogP contribution in [0.1, 0.15) is 29.4 Å². The lowest BCUT2D eigenvalue weighted by atomic mass is 10.0. The summed E-state index contributed by atoms with van der Waals surface area (Å²) >= 11 is 13.3. The molecular weight excluding hydrogens is 643 g/mol. The summed E-state index contributed by atoms with van der Waals surface area (Å²) in [7, 11) is 0.0396. The number of anilines is 1. The Kier molecular flexibility index (Phi) is 9.23. The molecule has 0 saturated heterocycles. The van der Waals surface area contributed by atoms with Crippen molar-refractivity contribution in [2.45, 2.75) is 51.2 Å². The number of fused-ring (bicyclic) bond motifs is 1. The summed E-state index contributed by atoms with van der Waals surface area (Å²) in [5.41, 5.74) is 6.92. The molecule has 0 aliphatic heterocycles. The van der Waals surface area contributed by atoms with Crippen LogP contribution in [0.3, 0.4) is 0 Å². The molecule has 2 aromatic carbocycles. The highest BCUT2D eigenvalue weighted by Gasteiger charge is 2.32. The molecule has 0 fully saturated rings. The first-order valence-corrected chi connectivity index (χ1v) is 19.4. The lowest BCUT2D eigenvalue weighted by Gasteiger charge is -2.19. The van der Waals surface area contributed by atoms with Gasteiger partial charge in [-0.1, -0.05) is 55.0 Å². The second-order valence-corrected chi connectivity index (χ2v) is 18.8. The number of aromatic nitrogens is 7.